The normalized spacial score (nSPS) is 23.2. The molecule has 0 saturated heterocycles. The van der Waals surface area contributed by atoms with Crippen LogP contribution in [0.1, 0.15) is 59.8 Å². The van der Waals surface area contributed by atoms with E-state index in [1.165, 1.54) is 0 Å². The molecule has 0 bridgehead atoms. The van der Waals surface area contributed by atoms with Crippen LogP contribution in [0.3, 0.4) is 0 Å². The van der Waals surface area contributed by atoms with Crippen LogP contribution < -0.4 is 5.32 Å². The minimum absolute atomic E-state index is 0.00999. The summed E-state index contributed by atoms with van der Waals surface area (Å²) in [6.45, 7) is 8.84. The average molecular weight is 299 g/mol. The number of carboxylic acid groups (broad SMARTS) is 1. The summed E-state index contributed by atoms with van der Waals surface area (Å²) in [5.41, 5.74) is -0.00999. The first-order valence-electron chi connectivity index (χ1n) is 7.82. The Kier molecular flexibility index (Phi) is 6.65. The Morgan fingerprint density at radius 1 is 1.33 bits per heavy atom. The minimum Gasteiger partial charge on any atom is -0.481 e. The van der Waals surface area contributed by atoms with E-state index in [-0.39, 0.29) is 23.8 Å². The Morgan fingerprint density at radius 3 is 2.43 bits per heavy atom. The molecule has 0 heterocycles. The molecule has 5 heteroatoms. The van der Waals surface area contributed by atoms with Gasteiger partial charge in [-0.1, -0.05) is 20.8 Å². The molecule has 1 amide bonds. The molecule has 1 aliphatic rings. The van der Waals surface area contributed by atoms with E-state index in [0.29, 0.717) is 24.9 Å². The predicted molar refractivity (Wildman–Crippen MR) is 81.0 cm³/mol. The molecule has 1 atom stereocenters. The van der Waals surface area contributed by atoms with Crippen LogP contribution >= 0.6 is 0 Å². The second-order valence-electron chi connectivity index (χ2n) is 7.25. The molecule has 122 valence electrons. The summed E-state index contributed by atoms with van der Waals surface area (Å²) in [4.78, 5) is 23.0. The molecule has 1 aliphatic carbocycles. The Balaban J connectivity index is 2.36. The van der Waals surface area contributed by atoms with Gasteiger partial charge in [-0.15, -0.1) is 0 Å². The van der Waals surface area contributed by atoms with Gasteiger partial charge in [0.25, 0.3) is 0 Å². The topological polar surface area (TPSA) is 75.6 Å². The monoisotopic (exact) mass is 299 g/mol. The third-order valence-corrected chi connectivity index (χ3v) is 3.71. The summed E-state index contributed by atoms with van der Waals surface area (Å²) >= 11 is 0. The molecule has 5 nitrogen and oxygen atoms in total. The van der Waals surface area contributed by atoms with E-state index in [9.17, 15) is 9.59 Å². The van der Waals surface area contributed by atoms with Crippen molar-refractivity contribution in [2.24, 2.45) is 11.3 Å². The highest BCUT2D eigenvalue weighted by Crippen LogP contribution is 2.32. The van der Waals surface area contributed by atoms with Gasteiger partial charge < -0.3 is 15.2 Å². The number of carboxylic acids is 1. The van der Waals surface area contributed by atoms with Crippen molar-refractivity contribution in [2.75, 3.05) is 6.61 Å². The Labute approximate surface area is 127 Å². The van der Waals surface area contributed by atoms with Crippen molar-refractivity contribution >= 4 is 11.9 Å². The van der Waals surface area contributed by atoms with Gasteiger partial charge >= 0.3 is 5.97 Å². The van der Waals surface area contributed by atoms with E-state index >= 15 is 0 Å². The molecule has 2 N–H and O–H groups in total. The zero-order valence-electron chi connectivity index (χ0n) is 13.6. The standard InChI is InChI=1S/C16H29NO4/c1-5-21-13-6-11(7-13)8-14(18)17-12(9-15(19)20)10-16(2,3)4/h11-13H,5-10H2,1-4H3,(H,17,18)(H,19,20). The number of nitrogens with one attached hydrogen (secondary N) is 1. The van der Waals surface area contributed by atoms with E-state index in [2.05, 4.69) is 5.32 Å². The van der Waals surface area contributed by atoms with Crippen LogP contribution in [0.4, 0.5) is 0 Å². The lowest BCUT2D eigenvalue weighted by atomic mass is 9.79. The van der Waals surface area contributed by atoms with Crippen molar-refractivity contribution in [3.63, 3.8) is 0 Å². The molecular weight excluding hydrogens is 270 g/mol. The summed E-state index contributed by atoms with van der Waals surface area (Å²) in [5, 5.41) is 11.8. The van der Waals surface area contributed by atoms with Crippen LogP contribution in [0.15, 0.2) is 0 Å². The molecular formula is C16H29NO4. The summed E-state index contributed by atoms with van der Waals surface area (Å²) in [7, 11) is 0. The van der Waals surface area contributed by atoms with Gasteiger partial charge in [-0.05, 0) is 37.5 Å². The molecule has 1 fully saturated rings. The van der Waals surface area contributed by atoms with Crippen LogP contribution in [0.25, 0.3) is 0 Å². The highest BCUT2D eigenvalue weighted by atomic mass is 16.5. The number of aliphatic carboxylic acids is 1. The van der Waals surface area contributed by atoms with Crippen molar-refractivity contribution in [1.29, 1.82) is 0 Å². The van der Waals surface area contributed by atoms with Gasteiger partial charge in [0.05, 0.1) is 12.5 Å². The quantitative estimate of drug-likeness (QED) is 0.722. The highest BCUT2D eigenvalue weighted by molar-refractivity contribution is 5.77. The Bertz CT molecular complexity index is 356. The van der Waals surface area contributed by atoms with Gasteiger partial charge in [0, 0.05) is 19.1 Å². The van der Waals surface area contributed by atoms with Crippen molar-refractivity contribution in [1.82, 2.24) is 5.32 Å². The third-order valence-electron chi connectivity index (χ3n) is 3.71. The predicted octanol–water partition coefficient (Wildman–Crippen LogP) is 2.59. The van der Waals surface area contributed by atoms with Gasteiger partial charge in [0.2, 0.25) is 5.91 Å². The first kappa shape index (κ1) is 18.0. The molecule has 0 spiro atoms. The minimum atomic E-state index is -0.871. The van der Waals surface area contributed by atoms with E-state index in [0.717, 1.165) is 19.4 Å². The van der Waals surface area contributed by atoms with Crippen LogP contribution in [-0.4, -0.2) is 35.7 Å². The fraction of sp³-hybridized carbons (Fsp3) is 0.875. The van der Waals surface area contributed by atoms with Crippen LogP contribution in [0, 0.1) is 11.3 Å². The lowest BCUT2D eigenvalue weighted by Crippen LogP contribution is -2.41. The molecule has 1 unspecified atom stereocenters. The molecule has 0 aromatic carbocycles. The number of carbonyl (C=O) groups excluding carboxylic acids is 1. The fourth-order valence-electron chi connectivity index (χ4n) is 2.89. The second-order valence-corrected chi connectivity index (χ2v) is 7.25. The molecule has 0 radical (unpaired) electrons. The Hall–Kier alpha value is -1.10. The average Bonchev–Trinajstić information content (AvgIpc) is 2.22. The molecule has 0 aromatic heterocycles. The van der Waals surface area contributed by atoms with E-state index in [1.54, 1.807) is 0 Å². The van der Waals surface area contributed by atoms with Gasteiger partial charge in [0.1, 0.15) is 0 Å². The first-order valence-corrected chi connectivity index (χ1v) is 7.82. The molecule has 1 rings (SSSR count). The zero-order valence-corrected chi connectivity index (χ0v) is 13.6. The van der Waals surface area contributed by atoms with E-state index in [1.807, 2.05) is 27.7 Å². The van der Waals surface area contributed by atoms with Crippen molar-refractivity contribution in [3.05, 3.63) is 0 Å². The van der Waals surface area contributed by atoms with Gasteiger partial charge in [-0.25, -0.2) is 0 Å². The summed E-state index contributed by atoms with van der Waals surface area (Å²) in [6, 6.07) is -0.294. The van der Waals surface area contributed by atoms with Crippen LogP contribution in [0.2, 0.25) is 0 Å². The molecule has 0 aromatic rings. The summed E-state index contributed by atoms with van der Waals surface area (Å²) < 4.78 is 5.48. The summed E-state index contributed by atoms with van der Waals surface area (Å²) in [5.74, 6) is -0.531. The number of hydrogen-bond donors (Lipinski definition) is 2. The number of hydrogen-bond acceptors (Lipinski definition) is 3. The maximum Gasteiger partial charge on any atom is 0.305 e. The van der Waals surface area contributed by atoms with Crippen LogP contribution in [-0.2, 0) is 14.3 Å². The van der Waals surface area contributed by atoms with E-state index < -0.39 is 5.97 Å². The zero-order chi connectivity index (χ0) is 16.0. The molecule has 21 heavy (non-hydrogen) atoms. The number of rotatable bonds is 8. The van der Waals surface area contributed by atoms with Crippen LogP contribution in [0.5, 0.6) is 0 Å². The lowest BCUT2D eigenvalue weighted by Gasteiger charge is -2.35. The number of carbonyl (C=O) groups is 2. The maximum absolute atomic E-state index is 12.0. The number of amides is 1. The first-order chi connectivity index (χ1) is 9.69. The van der Waals surface area contributed by atoms with Crippen molar-refractivity contribution in [3.8, 4) is 0 Å². The van der Waals surface area contributed by atoms with Crippen molar-refractivity contribution in [2.45, 2.75) is 71.9 Å². The fourth-order valence-corrected chi connectivity index (χ4v) is 2.89. The largest absolute Gasteiger partial charge is 0.481 e. The molecule has 0 aliphatic heterocycles. The summed E-state index contributed by atoms with van der Waals surface area (Å²) in [6.07, 6.45) is 3.29. The number of ether oxygens (including phenoxy) is 1. The van der Waals surface area contributed by atoms with Gasteiger partial charge in [-0.2, -0.15) is 0 Å². The van der Waals surface area contributed by atoms with Crippen molar-refractivity contribution < 1.29 is 19.4 Å². The third kappa shape index (κ3) is 7.46. The van der Waals surface area contributed by atoms with E-state index in [4.69, 9.17) is 9.84 Å². The smallest absolute Gasteiger partial charge is 0.305 e. The van der Waals surface area contributed by atoms with Gasteiger partial charge in [0.15, 0.2) is 0 Å². The second kappa shape index (κ2) is 7.78. The SMILES string of the molecule is CCOC1CC(CC(=O)NC(CC(=O)O)CC(C)(C)C)C1. The molecule has 1 saturated carbocycles. The van der Waals surface area contributed by atoms with Gasteiger partial charge in [-0.3, -0.25) is 9.59 Å². The maximum atomic E-state index is 12.0. The highest BCUT2D eigenvalue weighted by Gasteiger charge is 2.32. The Morgan fingerprint density at radius 2 is 1.95 bits per heavy atom. The lowest BCUT2D eigenvalue weighted by molar-refractivity contribution is -0.138.